The smallest absolute Gasteiger partial charge is 0.319 e. The second kappa shape index (κ2) is 6.61. The maximum Gasteiger partial charge on any atom is 0.319 e. The average Bonchev–Trinajstić information content (AvgIpc) is 2.48. The Bertz CT molecular complexity index is 552. The molecule has 0 aliphatic rings. The van der Waals surface area contributed by atoms with E-state index >= 15 is 0 Å². The highest BCUT2D eigenvalue weighted by molar-refractivity contribution is 5.89. The number of amides is 2. The largest absolute Gasteiger partial charge is 0.399 e. The summed E-state index contributed by atoms with van der Waals surface area (Å²) in [6, 6.07) is 16.9. The molecule has 4 heteroatoms. The number of rotatable bonds is 4. The number of urea groups is 1. The minimum atomic E-state index is -0.211. The van der Waals surface area contributed by atoms with Gasteiger partial charge in [0.15, 0.2) is 0 Å². The van der Waals surface area contributed by atoms with E-state index in [4.69, 9.17) is 5.73 Å². The van der Waals surface area contributed by atoms with Crippen LogP contribution < -0.4 is 16.4 Å². The molecule has 2 amide bonds. The maximum absolute atomic E-state index is 11.8. The van der Waals surface area contributed by atoms with Gasteiger partial charge in [-0.25, -0.2) is 4.79 Å². The van der Waals surface area contributed by atoms with Crippen LogP contribution in [0.2, 0.25) is 0 Å². The van der Waals surface area contributed by atoms with Gasteiger partial charge >= 0.3 is 6.03 Å². The normalized spacial score (nSPS) is 11.7. The van der Waals surface area contributed by atoms with Gasteiger partial charge in [0.1, 0.15) is 0 Å². The van der Waals surface area contributed by atoms with Crippen molar-refractivity contribution in [2.75, 3.05) is 17.6 Å². The third-order valence-electron chi connectivity index (χ3n) is 3.11. The number of nitrogen functional groups attached to an aromatic ring is 1. The number of carbonyl (C=O) groups excluding carboxylic acids is 1. The minimum Gasteiger partial charge on any atom is -0.399 e. The lowest BCUT2D eigenvalue weighted by Crippen LogP contribution is -2.31. The molecule has 1 unspecified atom stereocenters. The Morgan fingerprint density at radius 2 is 1.75 bits per heavy atom. The Balaban J connectivity index is 1.82. The lowest BCUT2D eigenvalue weighted by Gasteiger charge is -2.13. The summed E-state index contributed by atoms with van der Waals surface area (Å²) in [5.41, 5.74) is 8.20. The molecule has 4 N–H and O–H groups in total. The first-order chi connectivity index (χ1) is 9.65. The molecule has 20 heavy (non-hydrogen) atoms. The molecule has 0 fully saturated rings. The van der Waals surface area contributed by atoms with Crippen molar-refractivity contribution in [3.63, 3.8) is 0 Å². The summed E-state index contributed by atoms with van der Waals surface area (Å²) >= 11 is 0. The quantitative estimate of drug-likeness (QED) is 0.746. The second-order valence-electron chi connectivity index (χ2n) is 4.77. The Kier molecular flexibility index (Phi) is 4.60. The molecule has 0 spiro atoms. The fourth-order valence-electron chi connectivity index (χ4n) is 1.89. The van der Waals surface area contributed by atoms with Crippen LogP contribution in [0, 0.1) is 0 Å². The molecule has 0 saturated carbocycles. The zero-order chi connectivity index (χ0) is 14.4. The topological polar surface area (TPSA) is 67.2 Å². The van der Waals surface area contributed by atoms with Crippen LogP contribution in [-0.4, -0.2) is 12.6 Å². The van der Waals surface area contributed by atoms with E-state index in [1.54, 1.807) is 24.3 Å². The molecule has 1 atom stereocenters. The van der Waals surface area contributed by atoms with E-state index in [0.29, 0.717) is 12.2 Å². The van der Waals surface area contributed by atoms with Gasteiger partial charge in [0.25, 0.3) is 0 Å². The molecule has 0 radical (unpaired) electrons. The van der Waals surface area contributed by atoms with Crippen LogP contribution in [0.3, 0.4) is 0 Å². The number of anilines is 2. The molecule has 0 heterocycles. The van der Waals surface area contributed by atoms with E-state index < -0.39 is 0 Å². The molecule has 0 saturated heterocycles. The van der Waals surface area contributed by atoms with Crippen LogP contribution in [0.25, 0.3) is 0 Å². The lowest BCUT2D eigenvalue weighted by atomic mass is 10.0. The molecule has 0 aromatic heterocycles. The van der Waals surface area contributed by atoms with Gasteiger partial charge in [-0.05, 0) is 35.7 Å². The van der Waals surface area contributed by atoms with E-state index in [-0.39, 0.29) is 11.9 Å². The fourth-order valence-corrected chi connectivity index (χ4v) is 1.89. The average molecular weight is 269 g/mol. The summed E-state index contributed by atoms with van der Waals surface area (Å²) in [7, 11) is 0. The summed E-state index contributed by atoms with van der Waals surface area (Å²) < 4.78 is 0. The number of nitrogens with one attached hydrogen (secondary N) is 2. The van der Waals surface area contributed by atoms with Crippen LogP contribution in [0.5, 0.6) is 0 Å². The summed E-state index contributed by atoms with van der Waals surface area (Å²) in [5.74, 6) is 0.272. The van der Waals surface area contributed by atoms with Gasteiger partial charge < -0.3 is 16.4 Å². The van der Waals surface area contributed by atoms with Gasteiger partial charge in [-0.3, -0.25) is 0 Å². The number of hydrogen-bond donors (Lipinski definition) is 3. The van der Waals surface area contributed by atoms with Crippen LogP contribution in [0.15, 0.2) is 54.6 Å². The molecular formula is C16H19N3O. The van der Waals surface area contributed by atoms with E-state index in [1.165, 1.54) is 5.56 Å². The summed E-state index contributed by atoms with van der Waals surface area (Å²) in [4.78, 5) is 11.8. The monoisotopic (exact) mass is 269 g/mol. The van der Waals surface area contributed by atoms with Gasteiger partial charge in [-0.2, -0.15) is 0 Å². The van der Waals surface area contributed by atoms with Gasteiger partial charge in [0.2, 0.25) is 0 Å². The van der Waals surface area contributed by atoms with E-state index in [9.17, 15) is 4.79 Å². The molecule has 2 aromatic rings. The van der Waals surface area contributed by atoms with Crippen LogP contribution >= 0.6 is 0 Å². The standard InChI is InChI=1S/C16H19N3O/c1-12(13-5-3-2-4-6-13)11-18-16(20)19-15-9-7-14(17)8-10-15/h2-10,12H,11,17H2,1H3,(H2,18,19,20). The third kappa shape index (κ3) is 4.02. The predicted octanol–water partition coefficient (Wildman–Crippen LogP) is 3.19. The second-order valence-corrected chi connectivity index (χ2v) is 4.77. The van der Waals surface area contributed by atoms with Gasteiger partial charge in [0.05, 0.1) is 0 Å². The van der Waals surface area contributed by atoms with Crippen molar-refractivity contribution in [3.8, 4) is 0 Å². The Morgan fingerprint density at radius 3 is 2.40 bits per heavy atom. The van der Waals surface area contributed by atoms with E-state index in [1.807, 2.05) is 18.2 Å². The lowest BCUT2D eigenvalue weighted by molar-refractivity contribution is 0.251. The maximum atomic E-state index is 11.8. The molecule has 2 aromatic carbocycles. The summed E-state index contributed by atoms with van der Waals surface area (Å²) in [5, 5.41) is 5.63. The zero-order valence-corrected chi connectivity index (χ0v) is 11.5. The molecule has 104 valence electrons. The van der Waals surface area contributed by atoms with Crippen LogP contribution in [0.4, 0.5) is 16.2 Å². The number of carbonyl (C=O) groups is 1. The van der Waals surface area contributed by atoms with Crippen LogP contribution in [-0.2, 0) is 0 Å². The molecule has 0 aliphatic heterocycles. The highest BCUT2D eigenvalue weighted by Gasteiger charge is 2.07. The third-order valence-corrected chi connectivity index (χ3v) is 3.11. The highest BCUT2D eigenvalue weighted by Crippen LogP contribution is 2.13. The van der Waals surface area contributed by atoms with Crippen molar-refractivity contribution in [2.24, 2.45) is 0 Å². The molecule has 0 aliphatic carbocycles. The summed E-state index contributed by atoms with van der Waals surface area (Å²) in [6.45, 7) is 2.67. The first-order valence-corrected chi connectivity index (χ1v) is 6.60. The Hall–Kier alpha value is -2.49. The zero-order valence-electron chi connectivity index (χ0n) is 11.5. The Labute approximate surface area is 119 Å². The van der Waals surface area contributed by atoms with Crippen LogP contribution in [0.1, 0.15) is 18.4 Å². The molecule has 0 bridgehead atoms. The highest BCUT2D eigenvalue weighted by atomic mass is 16.2. The van der Waals surface area contributed by atoms with E-state index in [0.717, 1.165) is 5.69 Å². The first kappa shape index (κ1) is 13.9. The summed E-state index contributed by atoms with van der Waals surface area (Å²) in [6.07, 6.45) is 0. The Morgan fingerprint density at radius 1 is 1.10 bits per heavy atom. The van der Waals surface area contributed by atoms with Gasteiger partial charge in [0, 0.05) is 17.9 Å². The van der Waals surface area contributed by atoms with Crippen molar-refractivity contribution in [2.45, 2.75) is 12.8 Å². The van der Waals surface area contributed by atoms with Crippen molar-refractivity contribution in [3.05, 3.63) is 60.2 Å². The number of benzene rings is 2. The van der Waals surface area contributed by atoms with Crippen molar-refractivity contribution >= 4 is 17.4 Å². The minimum absolute atomic E-state index is 0.211. The number of nitrogens with two attached hydrogens (primary N) is 1. The SMILES string of the molecule is CC(CNC(=O)Nc1ccc(N)cc1)c1ccccc1. The van der Waals surface area contributed by atoms with Crippen molar-refractivity contribution in [1.29, 1.82) is 0 Å². The van der Waals surface area contributed by atoms with Gasteiger partial charge in [-0.15, -0.1) is 0 Å². The van der Waals surface area contributed by atoms with Crippen molar-refractivity contribution in [1.82, 2.24) is 5.32 Å². The van der Waals surface area contributed by atoms with Crippen molar-refractivity contribution < 1.29 is 4.79 Å². The first-order valence-electron chi connectivity index (χ1n) is 6.60. The van der Waals surface area contributed by atoms with E-state index in [2.05, 4.69) is 29.7 Å². The molecule has 4 nitrogen and oxygen atoms in total. The molecule has 2 rings (SSSR count). The fraction of sp³-hybridized carbons (Fsp3) is 0.188. The number of hydrogen-bond acceptors (Lipinski definition) is 2. The van der Waals surface area contributed by atoms with Gasteiger partial charge in [-0.1, -0.05) is 37.3 Å². The molecular weight excluding hydrogens is 250 g/mol. The predicted molar refractivity (Wildman–Crippen MR) is 82.7 cm³/mol.